The molecule has 0 radical (unpaired) electrons. The molecule has 0 bridgehead atoms. The lowest BCUT2D eigenvalue weighted by Crippen LogP contribution is -2.14. The summed E-state index contributed by atoms with van der Waals surface area (Å²) in [7, 11) is 0. The van der Waals surface area contributed by atoms with Crippen LogP contribution in [0.2, 0.25) is 0 Å². The number of imidazole rings is 1. The molecule has 0 saturated carbocycles. The molecule has 17 heavy (non-hydrogen) atoms. The molecule has 2 aromatic rings. The second kappa shape index (κ2) is 3.94. The first-order chi connectivity index (χ1) is 8.29. The van der Waals surface area contributed by atoms with Crippen LogP contribution in [0, 0.1) is 0 Å². The number of aliphatic hydroxyl groups excluding tert-OH is 1. The Morgan fingerprint density at radius 2 is 2.29 bits per heavy atom. The van der Waals surface area contributed by atoms with Crippen LogP contribution in [0.5, 0.6) is 0 Å². The highest BCUT2D eigenvalue weighted by Gasteiger charge is 2.27. The van der Waals surface area contributed by atoms with Crippen molar-refractivity contribution in [2.24, 2.45) is 0 Å². The van der Waals surface area contributed by atoms with Crippen LogP contribution in [-0.2, 0) is 4.74 Å². The molecule has 1 aliphatic rings. The summed E-state index contributed by atoms with van der Waals surface area (Å²) in [6.07, 6.45) is 4.50. The molecule has 0 amide bonds. The van der Waals surface area contributed by atoms with Crippen molar-refractivity contribution in [2.45, 2.75) is 25.2 Å². The van der Waals surface area contributed by atoms with Gasteiger partial charge >= 0.3 is 0 Å². The van der Waals surface area contributed by atoms with Crippen molar-refractivity contribution in [3.05, 3.63) is 12.7 Å². The van der Waals surface area contributed by atoms with Crippen LogP contribution in [0.25, 0.3) is 11.2 Å². The second-order valence-corrected chi connectivity index (χ2v) is 4.06. The molecule has 7 heteroatoms. The lowest BCUT2D eigenvalue weighted by Gasteiger charge is -2.13. The van der Waals surface area contributed by atoms with Crippen molar-refractivity contribution in [1.82, 2.24) is 19.5 Å². The molecule has 2 atom stereocenters. The van der Waals surface area contributed by atoms with E-state index in [-0.39, 0.29) is 18.9 Å². The summed E-state index contributed by atoms with van der Waals surface area (Å²) in [4.78, 5) is 12.2. The lowest BCUT2D eigenvalue weighted by atomic mass is 10.2. The van der Waals surface area contributed by atoms with E-state index >= 15 is 0 Å². The van der Waals surface area contributed by atoms with Gasteiger partial charge in [-0.2, -0.15) is 0 Å². The summed E-state index contributed by atoms with van der Waals surface area (Å²) < 4.78 is 7.51. The fourth-order valence-corrected chi connectivity index (χ4v) is 2.11. The van der Waals surface area contributed by atoms with Crippen molar-refractivity contribution >= 4 is 17.0 Å². The third-order valence-corrected chi connectivity index (χ3v) is 2.99. The van der Waals surface area contributed by atoms with E-state index in [0.29, 0.717) is 17.0 Å². The fraction of sp³-hybridized carbons (Fsp3) is 0.500. The molecule has 1 aliphatic heterocycles. The van der Waals surface area contributed by atoms with Gasteiger partial charge in [-0.1, -0.05) is 0 Å². The number of ether oxygens (including phenoxy) is 1. The van der Waals surface area contributed by atoms with E-state index < -0.39 is 0 Å². The molecule has 1 saturated heterocycles. The van der Waals surface area contributed by atoms with Crippen LogP contribution >= 0.6 is 0 Å². The number of nitrogens with two attached hydrogens (primary N) is 1. The summed E-state index contributed by atoms with van der Waals surface area (Å²) in [5.74, 6) is 0.366. The molecule has 1 fully saturated rings. The van der Waals surface area contributed by atoms with E-state index in [1.807, 2.05) is 4.57 Å². The molecular weight excluding hydrogens is 222 g/mol. The summed E-state index contributed by atoms with van der Waals surface area (Å²) in [6, 6.07) is 0. The first kappa shape index (κ1) is 10.4. The number of hydrogen-bond acceptors (Lipinski definition) is 6. The Morgan fingerprint density at radius 3 is 3.06 bits per heavy atom. The van der Waals surface area contributed by atoms with Gasteiger partial charge in [0.2, 0.25) is 0 Å². The normalized spacial score (nSPS) is 24.5. The Hall–Kier alpha value is -1.73. The molecule has 3 heterocycles. The summed E-state index contributed by atoms with van der Waals surface area (Å²) >= 11 is 0. The zero-order chi connectivity index (χ0) is 11.8. The van der Waals surface area contributed by atoms with Crippen LogP contribution in [0.3, 0.4) is 0 Å². The van der Waals surface area contributed by atoms with Gasteiger partial charge in [-0.15, -0.1) is 0 Å². The Labute approximate surface area is 97.3 Å². The number of rotatable bonds is 2. The zero-order valence-electron chi connectivity index (χ0n) is 9.15. The van der Waals surface area contributed by atoms with Crippen LogP contribution < -0.4 is 5.73 Å². The molecule has 7 nitrogen and oxygen atoms in total. The number of nitrogens with zero attached hydrogens (tertiary/aromatic N) is 4. The van der Waals surface area contributed by atoms with Crippen molar-refractivity contribution in [3.8, 4) is 0 Å². The Kier molecular flexibility index (Phi) is 2.41. The number of anilines is 1. The number of aliphatic hydroxyl groups is 1. The van der Waals surface area contributed by atoms with Gasteiger partial charge in [-0.05, 0) is 12.8 Å². The average molecular weight is 235 g/mol. The summed E-state index contributed by atoms with van der Waals surface area (Å²) in [5, 5.41) is 9.04. The highest BCUT2D eigenvalue weighted by Crippen LogP contribution is 2.30. The van der Waals surface area contributed by atoms with E-state index in [0.717, 1.165) is 12.8 Å². The number of nitrogen functional groups attached to an aromatic ring is 1. The molecule has 90 valence electrons. The van der Waals surface area contributed by atoms with Crippen molar-refractivity contribution in [2.75, 3.05) is 12.3 Å². The molecule has 0 spiro atoms. The number of aromatic nitrogens is 4. The van der Waals surface area contributed by atoms with E-state index in [1.165, 1.54) is 6.33 Å². The highest BCUT2D eigenvalue weighted by molar-refractivity contribution is 5.81. The average Bonchev–Trinajstić information content (AvgIpc) is 2.94. The predicted octanol–water partition coefficient (Wildman–Crippen LogP) is 0.0784. The minimum Gasteiger partial charge on any atom is -0.394 e. The van der Waals surface area contributed by atoms with Gasteiger partial charge in [-0.3, -0.25) is 4.57 Å². The highest BCUT2D eigenvalue weighted by atomic mass is 16.5. The molecule has 0 unspecified atom stereocenters. The van der Waals surface area contributed by atoms with Crippen LogP contribution in [0.4, 0.5) is 5.82 Å². The van der Waals surface area contributed by atoms with Gasteiger partial charge in [0.15, 0.2) is 11.5 Å². The maximum atomic E-state index is 9.04. The van der Waals surface area contributed by atoms with Crippen molar-refractivity contribution in [1.29, 1.82) is 0 Å². The van der Waals surface area contributed by atoms with Gasteiger partial charge in [0, 0.05) is 0 Å². The molecule has 0 aromatic carbocycles. The standard InChI is InChI=1S/C10H13N5O2/c11-9-8-10(13-4-12-9)15(5-14-8)7-2-1-6(3-16)17-7/h4-7,16H,1-3H2,(H2,11,12,13)/t6-,7+/m0/s1. The van der Waals surface area contributed by atoms with Crippen LogP contribution in [0.15, 0.2) is 12.7 Å². The Bertz CT molecular complexity index is 540. The SMILES string of the molecule is Nc1ncnc2c1ncn2[C@H]1CC[C@@H](CO)O1. The van der Waals surface area contributed by atoms with Crippen LogP contribution in [-0.4, -0.2) is 37.3 Å². The van der Waals surface area contributed by atoms with E-state index in [1.54, 1.807) is 6.33 Å². The van der Waals surface area contributed by atoms with Gasteiger partial charge in [0.1, 0.15) is 18.1 Å². The van der Waals surface area contributed by atoms with Crippen molar-refractivity contribution in [3.63, 3.8) is 0 Å². The van der Waals surface area contributed by atoms with E-state index in [2.05, 4.69) is 15.0 Å². The first-order valence-electron chi connectivity index (χ1n) is 5.49. The number of fused-ring (bicyclic) bond motifs is 1. The van der Waals surface area contributed by atoms with E-state index in [9.17, 15) is 0 Å². The smallest absolute Gasteiger partial charge is 0.167 e. The Balaban J connectivity index is 1.99. The molecular formula is C10H13N5O2. The first-order valence-corrected chi connectivity index (χ1v) is 5.49. The van der Waals surface area contributed by atoms with Crippen LogP contribution in [0.1, 0.15) is 19.1 Å². The zero-order valence-corrected chi connectivity index (χ0v) is 9.15. The number of hydrogen-bond donors (Lipinski definition) is 2. The minimum absolute atomic E-state index is 0.0419. The predicted molar refractivity (Wildman–Crippen MR) is 60.0 cm³/mol. The molecule has 2 aromatic heterocycles. The molecule has 3 N–H and O–H groups in total. The van der Waals surface area contributed by atoms with Gasteiger partial charge in [0.05, 0.1) is 19.0 Å². The third kappa shape index (κ3) is 1.63. The topological polar surface area (TPSA) is 99.1 Å². The maximum absolute atomic E-state index is 9.04. The minimum atomic E-state index is -0.133. The van der Waals surface area contributed by atoms with Gasteiger partial charge < -0.3 is 15.6 Å². The Morgan fingerprint density at radius 1 is 1.41 bits per heavy atom. The second-order valence-electron chi connectivity index (χ2n) is 4.06. The van der Waals surface area contributed by atoms with Gasteiger partial charge in [-0.25, -0.2) is 15.0 Å². The fourth-order valence-electron chi connectivity index (χ4n) is 2.11. The largest absolute Gasteiger partial charge is 0.394 e. The summed E-state index contributed by atoms with van der Waals surface area (Å²) in [6.45, 7) is 0.0419. The van der Waals surface area contributed by atoms with Gasteiger partial charge in [0.25, 0.3) is 0 Å². The quantitative estimate of drug-likeness (QED) is 0.764. The monoisotopic (exact) mass is 235 g/mol. The molecule has 3 rings (SSSR count). The maximum Gasteiger partial charge on any atom is 0.167 e. The lowest BCUT2D eigenvalue weighted by molar-refractivity contribution is -0.0207. The summed E-state index contributed by atoms with van der Waals surface area (Å²) in [5.41, 5.74) is 6.97. The third-order valence-electron chi connectivity index (χ3n) is 2.99. The molecule has 0 aliphatic carbocycles. The van der Waals surface area contributed by atoms with E-state index in [4.69, 9.17) is 15.6 Å². The van der Waals surface area contributed by atoms with Crippen molar-refractivity contribution < 1.29 is 9.84 Å².